The van der Waals surface area contributed by atoms with Gasteiger partial charge in [-0.2, -0.15) is 18.2 Å². The topological polar surface area (TPSA) is 54.2 Å². The summed E-state index contributed by atoms with van der Waals surface area (Å²) in [6.45, 7) is 2.50. The Labute approximate surface area is 153 Å². The molecular weight excluding hydrogens is 380 g/mol. The minimum Gasteiger partial charge on any atom is -0.338 e. The maximum absolute atomic E-state index is 12.4. The van der Waals surface area contributed by atoms with Crippen LogP contribution < -0.4 is 5.32 Å². The number of alkyl halides is 3. The fourth-order valence-corrected chi connectivity index (χ4v) is 2.96. The van der Waals surface area contributed by atoms with E-state index in [2.05, 4.69) is 20.4 Å². The Hall–Kier alpha value is -1.35. The molecule has 5 nitrogen and oxygen atoms in total. The number of hydrogen-bond acceptors (Lipinski definition) is 5. The minimum absolute atomic E-state index is 0. The van der Waals surface area contributed by atoms with Crippen molar-refractivity contribution in [1.29, 1.82) is 0 Å². The van der Waals surface area contributed by atoms with Crippen LogP contribution in [0.25, 0.3) is 0 Å². The maximum atomic E-state index is 12.4. The number of nitrogens with one attached hydrogen (secondary N) is 1. The first kappa shape index (κ1) is 20.0. The summed E-state index contributed by atoms with van der Waals surface area (Å²) in [7, 11) is 0. The van der Waals surface area contributed by atoms with Gasteiger partial charge in [-0.05, 0) is 17.7 Å². The van der Waals surface area contributed by atoms with Gasteiger partial charge in [-0.3, -0.25) is 4.90 Å². The molecule has 0 radical (unpaired) electrons. The molecule has 0 aliphatic carbocycles. The van der Waals surface area contributed by atoms with Crippen LogP contribution in [0.15, 0.2) is 28.8 Å². The molecule has 1 aliphatic rings. The molecule has 0 spiro atoms. The normalized spacial score (nSPS) is 18.8. The Balaban J connectivity index is 0.00000225. The summed E-state index contributed by atoms with van der Waals surface area (Å²) in [5.74, 6) is -0.157. The Kier molecular flexibility index (Phi) is 6.67. The third kappa shape index (κ3) is 5.57. The van der Waals surface area contributed by atoms with Gasteiger partial charge < -0.3 is 9.84 Å². The van der Waals surface area contributed by atoms with Crippen LogP contribution in [0.5, 0.6) is 0 Å². The highest BCUT2D eigenvalue weighted by Crippen LogP contribution is 2.26. The summed E-state index contributed by atoms with van der Waals surface area (Å²) in [4.78, 5) is 5.94. The van der Waals surface area contributed by atoms with Crippen molar-refractivity contribution in [2.45, 2.75) is 25.2 Å². The van der Waals surface area contributed by atoms with E-state index in [9.17, 15) is 13.2 Å². The molecule has 25 heavy (non-hydrogen) atoms. The van der Waals surface area contributed by atoms with Crippen molar-refractivity contribution in [2.75, 3.05) is 19.6 Å². The molecule has 2 heterocycles. The van der Waals surface area contributed by atoms with Crippen molar-refractivity contribution in [3.8, 4) is 0 Å². The lowest BCUT2D eigenvalue weighted by Gasteiger charge is -2.35. The second-order valence-electron chi connectivity index (χ2n) is 5.64. The highest BCUT2D eigenvalue weighted by atomic mass is 35.5. The van der Waals surface area contributed by atoms with Gasteiger partial charge >= 0.3 is 6.18 Å². The molecule has 1 aliphatic heterocycles. The Morgan fingerprint density at radius 3 is 2.88 bits per heavy atom. The van der Waals surface area contributed by atoms with Crippen LogP contribution in [-0.2, 0) is 13.0 Å². The zero-order valence-corrected chi connectivity index (χ0v) is 14.7. The van der Waals surface area contributed by atoms with Gasteiger partial charge in [0, 0.05) is 30.7 Å². The third-order valence-electron chi connectivity index (χ3n) is 3.79. The number of rotatable bonds is 4. The third-order valence-corrected chi connectivity index (χ3v) is 4.03. The van der Waals surface area contributed by atoms with Crippen molar-refractivity contribution in [3.63, 3.8) is 0 Å². The Morgan fingerprint density at radius 1 is 1.36 bits per heavy atom. The first-order chi connectivity index (χ1) is 11.4. The average molecular weight is 397 g/mol. The highest BCUT2D eigenvalue weighted by molar-refractivity contribution is 6.30. The van der Waals surface area contributed by atoms with E-state index in [1.165, 1.54) is 0 Å². The Morgan fingerprint density at radius 2 is 2.16 bits per heavy atom. The van der Waals surface area contributed by atoms with Gasteiger partial charge in [0.1, 0.15) is 6.42 Å². The van der Waals surface area contributed by atoms with Crippen LogP contribution in [-0.4, -0.2) is 40.9 Å². The summed E-state index contributed by atoms with van der Waals surface area (Å²) in [5, 5.41) is 7.36. The van der Waals surface area contributed by atoms with E-state index in [-0.39, 0.29) is 30.2 Å². The van der Waals surface area contributed by atoms with E-state index < -0.39 is 12.6 Å². The van der Waals surface area contributed by atoms with Crippen molar-refractivity contribution >= 4 is 24.0 Å². The number of hydrogen-bond donors (Lipinski definition) is 1. The second-order valence-corrected chi connectivity index (χ2v) is 6.08. The van der Waals surface area contributed by atoms with Crippen LogP contribution in [0.3, 0.4) is 0 Å². The molecule has 1 unspecified atom stereocenters. The maximum Gasteiger partial charge on any atom is 0.396 e. The predicted molar refractivity (Wildman–Crippen MR) is 88.8 cm³/mol. The lowest BCUT2D eigenvalue weighted by Crippen LogP contribution is -2.45. The lowest BCUT2D eigenvalue weighted by molar-refractivity contribution is -0.128. The standard InChI is InChI=1S/C15H16ClF3N4O.ClH/c16-11-3-1-2-10(6-11)12-8-20-4-5-23(12)9-14-21-13(22-24-14)7-15(17,18)19;/h1-3,6,12,20H,4-5,7-9H2;1H. The van der Waals surface area contributed by atoms with Crippen molar-refractivity contribution in [2.24, 2.45) is 0 Å². The number of halogens is 5. The van der Waals surface area contributed by atoms with Crippen molar-refractivity contribution < 1.29 is 17.7 Å². The molecular formula is C15H17Cl2F3N4O. The van der Waals surface area contributed by atoms with Gasteiger partial charge in [-0.1, -0.05) is 28.9 Å². The molecule has 1 aromatic carbocycles. The number of piperazine rings is 1. The smallest absolute Gasteiger partial charge is 0.338 e. The van der Waals surface area contributed by atoms with E-state index in [1.807, 2.05) is 18.2 Å². The number of aromatic nitrogens is 2. The fraction of sp³-hybridized carbons (Fsp3) is 0.467. The predicted octanol–water partition coefficient (Wildman–Crippen LogP) is 3.40. The van der Waals surface area contributed by atoms with E-state index in [1.54, 1.807) is 6.07 Å². The summed E-state index contributed by atoms with van der Waals surface area (Å²) in [5.41, 5.74) is 1.03. The van der Waals surface area contributed by atoms with Crippen molar-refractivity contribution in [3.05, 3.63) is 46.6 Å². The zero-order chi connectivity index (χ0) is 17.2. The molecule has 1 fully saturated rings. The summed E-state index contributed by atoms with van der Waals surface area (Å²) < 4.78 is 42.1. The second kappa shape index (κ2) is 8.35. The average Bonchev–Trinajstić information content (AvgIpc) is 2.93. The van der Waals surface area contributed by atoms with Crippen LogP contribution in [0.4, 0.5) is 13.2 Å². The van der Waals surface area contributed by atoms with Gasteiger partial charge in [-0.15, -0.1) is 12.4 Å². The van der Waals surface area contributed by atoms with Gasteiger partial charge in [0.15, 0.2) is 5.82 Å². The highest BCUT2D eigenvalue weighted by Gasteiger charge is 2.31. The van der Waals surface area contributed by atoms with E-state index in [0.29, 0.717) is 24.7 Å². The summed E-state index contributed by atoms with van der Waals surface area (Å²) in [6, 6.07) is 7.57. The molecule has 0 saturated carbocycles. The van der Waals surface area contributed by atoms with Crippen LogP contribution in [0.1, 0.15) is 23.3 Å². The lowest BCUT2D eigenvalue weighted by atomic mass is 10.0. The first-order valence-corrected chi connectivity index (χ1v) is 7.87. The summed E-state index contributed by atoms with van der Waals surface area (Å²) >= 11 is 6.05. The van der Waals surface area contributed by atoms with Crippen LogP contribution in [0.2, 0.25) is 5.02 Å². The Bertz CT molecular complexity index is 695. The van der Waals surface area contributed by atoms with Gasteiger partial charge in [-0.25, -0.2) is 0 Å². The van der Waals surface area contributed by atoms with Crippen molar-refractivity contribution in [1.82, 2.24) is 20.4 Å². The summed E-state index contributed by atoms with van der Waals surface area (Å²) in [6.07, 6.45) is -5.53. The molecule has 0 bridgehead atoms. The molecule has 1 saturated heterocycles. The van der Waals surface area contributed by atoms with Crippen LogP contribution >= 0.6 is 24.0 Å². The molecule has 1 aromatic heterocycles. The molecule has 1 atom stereocenters. The molecule has 1 N–H and O–H groups in total. The molecule has 138 valence electrons. The van der Waals surface area contributed by atoms with Gasteiger partial charge in [0.05, 0.1) is 6.54 Å². The number of benzene rings is 1. The van der Waals surface area contributed by atoms with Crippen LogP contribution in [0, 0.1) is 0 Å². The monoisotopic (exact) mass is 396 g/mol. The molecule has 3 rings (SSSR count). The fourth-order valence-electron chi connectivity index (χ4n) is 2.76. The largest absolute Gasteiger partial charge is 0.396 e. The van der Waals surface area contributed by atoms with Gasteiger partial charge in [0.25, 0.3) is 0 Å². The first-order valence-electron chi connectivity index (χ1n) is 7.49. The minimum atomic E-state index is -4.35. The van der Waals surface area contributed by atoms with Gasteiger partial charge in [0.2, 0.25) is 5.89 Å². The van der Waals surface area contributed by atoms with E-state index in [4.69, 9.17) is 16.1 Å². The zero-order valence-electron chi connectivity index (χ0n) is 13.1. The van der Waals surface area contributed by atoms with E-state index >= 15 is 0 Å². The molecule has 10 heteroatoms. The quantitative estimate of drug-likeness (QED) is 0.857. The molecule has 0 amide bonds. The number of nitrogens with zero attached hydrogens (tertiary/aromatic N) is 3. The SMILES string of the molecule is Cl.FC(F)(F)Cc1noc(CN2CCNCC2c2cccc(Cl)c2)n1. The van der Waals surface area contributed by atoms with E-state index in [0.717, 1.165) is 12.1 Å². The molecule has 2 aromatic rings.